The fourth-order valence-corrected chi connectivity index (χ4v) is 2.00. The molecule has 0 saturated heterocycles. The maximum atomic E-state index is 13.6. The molecule has 0 spiro atoms. The molecule has 1 aromatic carbocycles. The van der Waals surface area contributed by atoms with E-state index in [1.807, 2.05) is 20.8 Å². The van der Waals surface area contributed by atoms with Crippen molar-refractivity contribution < 1.29 is 13.7 Å². The minimum Gasteiger partial charge on any atom is -0.351 e. The van der Waals surface area contributed by atoms with Gasteiger partial charge in [-0.15, -0.1) is 0 Å². The Hall–Kier alpha value is -1.95. The van der Waals surface area contributed by atoms with E-state index in [1.165, 1.54) is 18.2 Å². The molecule has 0 fully saturated rings. The minimum atomic E-state index is -0.653. The summed E-state index contributed by atoms with van der Waals surface area (Å²) in [4.78, 5) is 16.2. The molecule has 0 aliphatic heterocycles. The van der Waals surface area contributed by atoms with Gasteiger partial charge in [0.2, 0.25) is 5.89 Å². The summed E-state index contributed by atoms with van der Waals surface area (Å²) in [6, 6.07) is 4.10. The van der Waals surface area contributed by atoms with Gasteiger partial charge in [0.15, 0.2) is 5.82 Å². The predicted molar refractivity (Wildman–Crippen MR) is 80.4 cm³/mol. The van der Waals surface area contributed by atoms with Gasteiger partial charge in [-0.05, 0) is 12.1 Å². The van der Waals surface area contributed by atoms with E-state index in [2.05, 4.69) is 15.5 Å². The molecule has 2 aromatic rings. The van der Waals surface area contributed by atoms with Crippen molar-refractivity contribution in [3.8, 4) is 0 Å². The van der Waals surface area contributed by atoms with Crippen LogP contribution in [0.4, 0.5) is 4.39 Å². The summed E-state index contributed by atoms with van der Waals surface area (Å²) in [5, 5.41) is 6.52. The van der Waals surface area contributed by atoms with Crippen molar-refractivity contribution in [2.45, 2.75) is 32.6 Å². The fraction of sp³-hybridized carbons (Fsp3) is 0.400. The molecule has 0 bridgehead atoms. The van der Waals surface area contributed by atoms with Crippen LogP contribution in [0.1, 0.15) is 42.8 Å². The van der Waals surface area contributed by atoms with Crippen LogP contribution in [-0.2, 0) is 11.8 Å². The largest absolute Gasteiger partial charge is 0.351 e. The van der Waals surface area contributed by atoms with E-state index in [9.17, 15) is 9.18 Å². The van der Waals surface area contributed by atoms with E-state index < -0.39 is 11.7 Å². The summed E-state index contributed by atoms with van der Waals surface area (Å²) in [5.41, 5.74) is -0.387. The number of hydrogen-bond acceptors (Lipinski definition) is 4. The third-order valence-corrected chi connectivity index (χ3v) is 3.25. The number of nitrogens with zero attached hydrogens (tertiary/aromatic N) is 2. The summed E-state index contributed by atoms with van der Waals surface area (Å²) in [6.45, 7) is 6.15. The average Bonchev–Trinajstić information content (AvgIpc) is 2.87. The van der Waals surface area contributed by atoms with Crippen molar-refractivity contribution >= 4 is 17.5 Å². The highest BCUT2D eigenvalue weighted by atomic mass is 35.5. The molecule has 7 heteroatoms. The molecule has 0 aliphatic rings. The van der Waals surface area contributed by atoms with Crippen LogP contribution < -0.4 is 5.32 Å². The van der Waals surface area contributed by atoms with E-state index >= 15 is 0 Å². The Morgan fingerprint density at radius 3 is 2.73 bits per heavy atom. The number of halogens is 2. The smallest absolute Gasteiger partial charge is 0.255 e. The first-order chi connectivity index (χ1) is 10.3. The molecule has 2 rings (SSSR count). The minimum absolute atomic E-state index is 0.0760. The maximum Gasteiger partial charge on any atom is 0.255 e. The molecule has 1 amide bonds. The number of hydrogen-bond donors (Lipinski definition) is 1. The third-order valence-electron chi connectivity index (χ3n) is 2.93. The van der Waals surface area contributed by atoms with Crippen molar-refractivity contribution in [3.63, 3.8) is 0 Å². The maximum absolute atomic E-state index is 13.6. The first-order valence-corrected chi connectivity index (χ1v) is 7.22. The Bertz CT molecular complexity index is 659. The van der Waals surface area contributed by atoms with Crippen LogP contribution in [0.15, 0.2) is 22.7 Å². The second-order valence-electron chi connectivity index (χ2n) is 5.87. The van der Waals surface area contributed by atoms with Gasteiger partial charge >= 0.3 is 0 Å². The van der Waals surface area contributed by atoms with Gasteiger partial charge < -0.3 is 9.84 Å². The van der Waals surface area contributed by atoms with Crippen molar-refractivity contribution in [2.75, 3.05) is 6.54 Å². The summed E-state index contributed by atoms with van der Waals surface area (Å²) in [5.74, 6) is -0.196. The predicted octanol–water partition coefficient (Wildman–Crippen LogP) is 3.13. The lowest BCUT2D eigenvalue weighted by molar-refractivity contribution is 0.0950. The zero-order valence-corrected chi connectivity index (χ0v) is 13.4. The number of nitrogens with one attached hydrogen (secondary N) is 1. The molecule has 0 atom stereocenters. The third kappa shape index (κ3) is 3.82. The Morgan fingerprint density at radius 1 is 1.41 bits per heavy atom. The van der Waals surface area contributed by atoms with Crippen molar-refractivity contribution in [2.24, 2.45) is 0 Å². The summed E-state index contributed by atoms with van der Waals surface area (Å²) in [6.07, 6.45) is 0.386. The summed E-state index contributed by atoms with van der Waals surface area (Å²) in [7, 11) is 0. The van der Waals surface area contributed by atoms with Gasteiger partial charge in [0.05, 0.1) is 10.6 Å². The Morgan fingerprint density at radius 2 is 2.14 bits per heavy atom. The first kappa shape index (κ1) is 16.4. The van der Waals surface area contributed by atoms with Gasteiger partial charge in [0.1, 0.15) is 5.82 Å². The normalized spacial score (nSPS) is 11.5. The highest BCUT2D eigenvalue weighted by molar-refractivity contribution is 6.33. The second kappa shape index (κ2) is 6.44. The van der Waals surface area contributed by atoms with Gasteiger partial charge in [-0.2, -0.15) is 4.98 Å². The molecule has 1 aromatic heterocycles. The standard InChI is InChI=1S/C15H17ClFN3O2/c1-15(2,3)14-19-11(20-22-14)7-8-18-13(21)12-9(16)5-4-6-10(12)17/h4-6H,7-8H2,1-3H3,(H,18,21). The zero-order valence-electron chi connectivity index (χ0n) is 12.6. The Balaban J connectivity index is 1.94. The second-order valence-corrected chi connectivity index (χ2v) is 6.28. The van der Waals surface area contributed by atoms with Crippen LogP contribution >= 0.6 is 11.6 Å². The number of amides is 1. The van der Waals surface area contributed by atoms with Crippen molar-refractivity contribution in [1.82, 2.24) is 15.5 Å². The molecule has 0 unspecified atom stereocenters. The van der Waals surface area contributed by atoms with Crippen LogP contribution in [-0.4, -0.2) is 22.6 Å². The molecule has 0 aliphatic carbocycles. The highest BCUT2D eigenvalue weighted by Gasteiger charge is 2.21. The number of rotatable bonds is 4. The van der Waals surface area contributed by atoms with E-state index in [-0.39, 0.29) is 22.5 Å². The lowest BCUT2D eigenvalue weighted by Crippen LogP contribution is -2.27. The van der Waals surface area contributed by atoms with E-state index in [4.69, 9.17) is 16.1 Å². The lowest BCUT2D eigenvalue weighted by Gasteiger charge is -2.10. The first-order valence-electron chi connectivity index (χ1n) is 6.84. The zero-order chi connectivity index (χ0) is 16.3. The molecule has 1 N–H and O–H groups in total. The van der Waals surface area contributed by atoms with Gasteiger partial charge in [-0.3, -0.25) is 4.79 Å². The summed E-state index contributed by atoms with van der Waals surface area (Å²) >= 11 is 5.83. The van der Waals surface area contributed by atoms with Crippen LogP contribution in [0.5, 0.6) is 0 Å². The average molecular weight is 326 g/mol. The van der Waals surface area contributed by atoms with E-state index in [0.717, 1.165) is 0 Å². The Labute approximate surface area is 132 Å². The molecular weight excluding hydrogens is 309 g/mol. The molecule has 118 valence electrons. The molecule has 22 heavy (non-hydrogen) atoms. The van der Waals surface area contributed by atoms with Gasteiger partial charge in [0, 0.05) is 18.4 Å². The van der Waals surface area contributed by atoms with E-state index in [0.29, 0.717) is 18.1 Å². The molecular formula is C15H17ClFN3O2. The highest BCUT2D eigenvalue weighted by Crippen LogP contribution is 2.20. The van der Waals surface area contributed by atoms with Crippen molar-refractivity contribution in [3.05, 3.63) is 46.3 Å². The van der Waals surface area contributed by atoms with Gasteiger partial charge in [-0.25, -0.2) is 4.39 Å². The quantitative estimate of drug-likeness (QED) is 0.937. The van der Waals surface area contributed by atoms with Crippen LogP contribution in [0.25, 0.3) is 0 Å². The monoisotopic (exact) mass is 325 g/mol. The number of carbonyl (C=O) groups excluding carboxylic acids is 1. The number of carbonyl (C=O) groups is 1. The number of benzene rings is 1. The molecule has 5 nitrogen and oxygen atoms in total. The van der Waals surface area contributed by atoms with Gasteiger partial charge in [0.25, 0.3) is 5.91 Å². The lowest BCUT2D eigenvalue weighted by atomic mass is 9.97. The molecule has 0 radical (unpaired) electrons. The topological polar surface area (TPSA) is 68.0 Å². The van der Waals surface area contributed by atoms with E-state index in [1.54, 1.807) is 0 Å². The SMILES string of the molecule is CC(C)(C)c1nc(CCNC(=O)c2c(F)cccc2Cl)no1. The molecule has 1 heterocycles. The number of aromatic nitrogens is 2. The Kier molecular flexibility index (Phi) is 4.81. The van der Waals surface area contributed by atoms with Crippen LogP contribution in [0.2, 0.25) is 5.02 Å². The van der Waals surface area contributed by atoms with Crippen LogP contribution in [0, 0.1) is 5.82 Å². The van der Waals surface area contributed by atoms with Crippen LogP contribution in [0.3, 0.4) is 0 Å². The molecule has 0 saturated carbocycles. The fourth-order valence-electron chi connectivity index (χ4n) is 1.75. The summed E-state index contributed by atoms with van der Waals surface area (Å²) < 4.78 is 18.8. The van der Waals surface area contributed by atoms with Gasteiger partial charge in [-0.1, -0.05) is 43.6 Å². The van der Waals surface area contributed by atoms with Crippen molar-refractivity contribution in [1.29, 1.82) is 0 Å².